The Hall–Kier alpha value is -1.79. The van der Waals surface area contributed by atoms with E-state index in [0.29, 0.717) is 0 Å². The summed E-state index contributed by atoms with van der Waals surface area (Å²) < 4.78 is 0. The van der Waals surface area contributed by atoms with Crippen molar-refractivity contribution >= 4 is 16.8 Å². The second-order valence-corrected chi connectivity index (χ2v) is 4.75. The van der Waals surface area contributed by atoms with Crippen LogP contribution in [0.25, 0.3) is 10.9 Å². The Morgan fingerprint density at radius 2 is 2.18 bits per heavy atom. The number of nitrogens with one attached hydrogen (secondary N) is 1. The molecule has 0 saturated heterocycles. The number of allylic oxidation sites excluding steroid dienone is 1. The van der Waals surface area contributed by atoms with Gasteiger partial charge in [0.25, 0.3) is 0 Å². The van der Waals surface area contributed by atoms with Gasteiger partial charge in [-0.3, -0.25) is 0 Å². The Balaban J connectivity index is 2.04. The normalized spacial score (nSPS) is 20.5. The fraction of sp³-hybridized carbons (Fsp3) is 0.333. The maximum absolute atomic E-state index is 11.0. The molecule has 1 aromatic carbocycles. The SMILES string of the molecule is O=C=C1CCCCC1c1ccc2cc[nH]c2c1. The molecule has 0 bridgehead atoms. The summed E-state index contributed by atoms with van der Waals surface area (Å²) in [6, 6.07) is 8.50. The van der Waals surface area contributed by atoms with Gasteiger partial charge in [-0.2, -0.15) is 0 Å². The Bertz CT molecular complexity index is 590. The van der Waals surface area contributed by atoms with Crippen LogP contribution in [0.3, 0.4) is 0 Å². The van der Waals surface area contributed by atoms with Gasteiger partial charge in [-0.05, 0) is 42.3 Å². The standard InChI is InChI=1S/C15H15NO/c17-10-13-3-1-2-4-14(13)12-6-5-11-7-8-16-15(11)9-12/h5-9,14,16H,1-4H2. The van der Waals surface area contributed by atoms with Crippen molar-refractivity contribution in [1.82, 2.24) is 4.98 Å². The molecule has 1 aliphatic carbocycles. The third kappa shape index (κ3) is 1.81. The highest BCUT2D eigenvalue weighted by atomic mass is 16.1. The molecule has 0 aliphatic heterocycles. The van der Waals surface area contributed by atoms with E-state index in [4.69, 9.17) is 0 Å². The largest absolute Gasteiger partial charge is 0.361 e. The van der Waals surface area contributed by atoms with Crippen LogP contribution in [0.2, 0.25) is 0 Å². The van der Waals surface area contributed by atoms with E-state index in [0.717, 1.165) is 30.4 Å². The fourth-order valence-corrected chi connectivity index (χ4v) is 2.78. The molecule has 1 atom stereocenters. The third-order valence-electron chi connectivity index (χ3n) is 3.72. The molecular formula is C15H15NO. The van der Waals surface area contributed by atoms with Gasteiger partial charge in [0.2, 0.25) is 0 Å². The summed E-state index contributed by atoms with van der Waals surface area (Å²) in [5.74, 6) is 2.44. The van der Waals surface area contributed by atoms with Gasteiger partial charge in [-0.15, -0.1) is 0 Å². The van der Waals surface area contributed by atoms with Crippen molar-refractivity contribution in [2.45, 2.75) is 31.6 Å². The van der Waals surface area contributed by atoms with Crippen molar-refractivity contribution in [2.24, 2.45) is 0 Å². The fourth-order valence-electron chi connectivity index (χ4n) is 2.78. The van der Waals surface area contributed by atoms with Gasteiger partial charge in [-0.25, -0.2) is 4.79 Å². The van der Waals surface area contributed by atoms with Gasteiger partial charge >= 0.3 is 0 Å². The second kappa shape index (κ2) is 4.23. The summed E-state index contributed by atoms with van der Waals surface area (Å²) >= 11 is 0. The van der Waals surface area contributed by atoms with E-state index in [9.17, 15) is 4.79 Å². The summed E-state index contributed by atoms with van der Waals surface area (Å²) in [5.41, 5.74) is 3.35. The zero-order valence-electron chi connectivity index (χ0n) is 9.70. The predicted octanol–water partition coefficient (Wildman–Crippen LogP) is 3.58. The highest BCUT2D eigenvalue weighted by molar-refractivity contribution is 5.80. The van der Waals surface area contributed by atoms with Gasteiger partial charge in [0.15, 0.2) is 0 Å². The molecule has 3 rings (SSSR count). The first-order valence-electron chi connectivity index (χ1n) is 6.19. The van der Waals surface area contributed by atoms with E-state index in [-0.39, 0.29) is 5.92 Å². The van der Waals surface area contributed by atoms with Crippen LogP contribution in [0.15, 0.2) is 36.0 Å². The molecule has 0 spiro atoms. The lowest BCUT2D eigenvalue weighted by Gasteiger charge is -2.23. The number of aromatic nitrogens is 1. The first kappa shape index (κ1) is 10.4. The molecule has 0 amide bonds. The van der Waals surface area contributed by atoms with Crippen LogP contribution in [-0.4, -0.2) is 10.9 Å². The number of rotatable bonds is 1. The van der Waals surface area contributed by atoms with Gasteiger partial charge in [0.05, 0.1) is 0 Å². The Morgan fingerprint density at radius 1 is 1.24 bits per heavy atom. The number of carbonyl (C=O) groups excluding carboxylic acids is 1. The Kier molecular flexibility index (Phi) is 2.58. The van der Waals surface area contributed by atoms with E-state index in [1.165, 1.54) is 17.4 Å². The lowest BCUT2D eigenvalue weighted by Crippen LogP contribution is -2.08. The first-order chi connectivity index (χ1) is 8.38. The lowest BCUT2D eigenvalue weighted by molar-refractivity contribution is 0.526. The van der Waals surface area contributed by atoms with E-state index in [1.54, 1.807) is 0 Å². The summed E-state index contributed by atoms with van der Waals surface area (Å²) in [4.78, 5) is 14.2. The number of hydrogen-bond acceptors (Lipinski definition) is 1. The minimum absolute atomic E-state index is 0.286. The predicted molar refractivity (Wildman–Crippen MR) is 68.7 cm³/mol. The Labute approximate surface area is 100 Å². The maximum atomic E-state index is 11.0. The van der Waals surface area contributed by atoms with Crippen molar-refractivity contribution in [3.05, 3.63) is 41.6 Å². The van der Waals surface area contributed by atoms with Crippen molar-refractivity contribution in [3.8, 4) is 0 Å². The quantitative estimate of drug-likeness (QED) is 0.739. The van der Waals surface area contributed by atoms with E-state index in [2.05, 4.69) is 35.2 Å². The highest BCUT2D eigenvalue weighted by Gasteiger charge is 2.21. The van der Waals surface area contributed by atoms with E-state index >= 15 is 0 Å². The monoisotopic (exact) mass is 225 g/mol. The van der Waals surface area contributed by atoms with Gasteiger partial charge in [-0.1, -0.05) is 18.6 Å². The number of hydrogen-bond donors (Lipinski definition) is 1. The smallest absolute Gasteiger partial charge is 0.124 e. The number of aromatic amines is 1. The molecule has 1 aromatic heterocycles. The number of fused-ring (bicyclic) bond motifs is 1. The average Bonchev–Trinajstić information content (AvgIpc) is 2.85. The van der Waals surface area contributed by atoms with Gasteiger partial charge < -0.3 is 4.98 Å². The van der Waals surface area contributed by atoms with Crippen molar-refractivity contribution in [1.29, 1.82) is 0 Å². The number of benzene rings is 1. The molecular weight excluding hydrogens is 210 g/mol. The Morgan fingerprint density at radius 3 is 3.06 bits per heavy atom. The number of H-pyrrole nitrogens is 1. The minimum atomic E-state index is 0.286. The minimum Gasteiger partial charge on any atom is -0.361 e. The highest BCUT2D eigenvalue weighted by Crippen LogP contribution is 2.36. The molecule has 1 heterocycles. The lowest BCUT2D eigenvalue weighted by atomic mass is 9.80. The molecule has 0 radical (unpaired) electrons. The average molecular weight is 225 g/mol. The van der Waals surface area contributed by atoms with E-state index in [1.807, 2.05) is 6.20 Å². The molecule has 1 unspecified atom stereocenters. The van der Waals surface area contributed by atoms with Crippen LogP contribution in [0.1, 0.15) is 37.2 Å². The second-order valence-electron chi connectivity index (χ2n) is 4.75. The van der Waals surface area contributed by atoms with Crippen LogP contribution >= 0.6 is 0 Å². The molecule has 1 aliphatic rings. The zero-order valence-corrected chi connectivity index (χ0v) is 9.70. The van der Waals surface area contributed by atoms with Crippen molar-refractivity contribution in [3.63, 3.8) is 0 Å². The van der Waals surface area contributed by atoms with Crippen LogP contribution in [0.5, 0.6) is 0 Å². The maximum Gasteiger partial charge on any atom is 0.124 e. The van der Waals surface area contributed by atoms with Gasteiger partial charge in [0, 0.05) is 23.2 Å². The molecule has 2 aromatic rings. The molecule has 1 N–H and O–H groups in total. The van der Waals surface area contributed by atoms with Crippen LogP contribution < -0.4 is 0 Å². The van der Waals surface area contributed by atoms with E-state index < -0.39 is 0 Å². The topological polar surface area (TPSA) is 32.9 Å². The third-order valence-corrected chi connectivity index (χ3v) is 3.72. The van der Waals surface area contributed by atoms with Gasteiger partial charge in [0.1, 0.15) is 5.94 Å². The summed E-state index contributed by atoms with van der Waals surface area (Å²) in [7, 11) is 0. The molecule has 17 heavy (non-hydrogen) atoms. The molecule has 2 nitrogen and oxygen atoms in total. The van der Waals surface area contributed by atoms with Crippen molar-refractivity contribution < 1.29 is 4.79 Å². The molecule has 86 valence electrons. The summed E-state index contributed by atoms with van der Waals surface area (Å²) in [5, 5.41) is 1.22. The zero-order chi connectivity index (χ0) is 11.7. The molecule has 1 fully saturated rings. The first-order valence-corrected chi connectivity index (χ1v) is 6.19. The summed E-state index contributed by atoms with van der Waals surface area (Å²) in [6.07, 6.45) is 6.28. The van der Waals surface area contributed by atoms with Crippen LogP contribution in [-0.2, 0) is 4.79 Å². The molecule has 2 heteroatoms. The summed E-state index contributed by atoms with van der Waals surface area (Å²) in [6.45, 7) is 0. The van der Waals surface area contributed by atoms with Crippen molar-refractivity contribution in [2.75, 3.05) is 0 Å². The molecule has 1 saturated carbocycles. The van der Waals surface area contributed by atoms with Crippen LogP contribution in [0, 0.1) is 0 Å². The van der Waals surface area contributed by atoms with Crippen LogP contribution in [0.4, 0.5) is 0 Å².